The van der Waals surface area contributed by atoms with E-state index in [0.717, 1.165) is 0 Å². The molecule has 0 saturated heterocycles. The molecule has 3 unspecified atom stereocenters. The minimum Gasteiger partial charge on any atom is -0.508 e. The van der Waals surface area contributed by atoms with Crippen LogP contribution < -0.4 is 21.7 Å². The monoisotopic (exact) mass is 424 g/mol. The quantitative estimate of drug-likeness (QED) is 0.208. The number of hydrogen-bond acceptors (Lipinski definition) is 7. The predicted molar refractivity (Wildman–Crippen MR) is 102 cm³/mol. The van der Waals surface area contributed by atoms with E-state index in [0.29, 0.717) is 5.56 Å². The molecule has 0 aliphatic rings. The zero-order chi connectivity index (χ0) is 22.8. The van der Waals surface area contributed by atoms with Crippen molar-refractivity contribution in [1.82, 2.24) is 16.0 Å². The van der Waals surface area contributed by atoms with E-state index in [1.165, 1.54) is 19.1 Å². The molecule has 12 heteroatoms. The maximum absolute atomic E-state index is 12.1. The molecule has 0 heterocycles. The number of aliphatic carboxylic acids is 2. The Morgan fingerprint density at radius 1 is 1.00 bits per heavy atom. The van der Waals surface area contributed by atoms with Gasteiger partial charge in [0.1, 0.15) is 17.8 Å². The van der Waals surface area contributed by atoms with E-state index in [2.05, 4.69) is 10.6 Å². The van der Waals surface area contributed by atoms with Gasteiger partial charge in [-0.3, -0.25) is 19.2 Å². The van der Waals surface area contributed by atoms with E-state index >= 15 is 0 Å². The Bertz CT molecular complexity index is 796. The zero-order valence-electron chi connectivity index (χ0n) is 16.1. The van der Waals surface area contributed by atoms with E-state index < -0.39 is 60.8 Å². The molecule has 0 aromatic heterocycles. The van der Waals surface area contributed by atoms with Crippen molar-refractivity contribution >= 4 is 29.7 Å². The van der Waals surface area contributed by atoms with Crippen LogP contribution in [0.25, 0.3) is 0 Å². The molecule has 0 radical (unpaired) electrons. The second-order valence-corrected chi connectivity index (χ2v) is 6.48. The van der Waals surface area contributed by atoms with Crippen molar-refractivity contribution in [3.05, 3.63) is 29.8 Å². The molecule has 0 bridgehead atoms. The van der Waals surface area contributed by atoms with Crippen LogP contribution in [0.5, 0.6) is 5.75 Å². The fourth-order valence-corrected chi connectivity index (χ4v) is 2.31. The summed E-state index contributed by atoms with van der Waals surface area (Å²) in [5.74, 6) is -5.10. The number of carbonyl (C=O) groups is 5. The maximum atomic E-state index is 12.1. The van der Waals surface area contributed by atoms with Crippen molar-refractivity contribution in [2.45, 2.75) is 37.9 Å². The lowest BCUT2D eigenvalue weighted by Crippen LogP contribution is -2.52. The summed E-state index contributed by atoms with van der Waals surface area (Å²) in [5, 5.41) is 33.3. The van der Waals surface area contributed by atoms with E-state index in [-0.39, 0.29) is 12.2 Å². The molecule has 1 rings (SSSR count). The number of phenols is 1. The number of nitrogens with two attached hydrogens (primary N) is 1. The van der Waals surface area contributed by atoms with Gasteiger partial charge in [0, 0.05) is 0 Å². The van der Waals surface area contributed by atoms with Gasteiger partial charge in [-0.1, -0.05) is 12.1 Å². The van der Waals surface area contributed by atoms with Crippen LogP contribution in [0.15, 0.2) is 24.3 Å². The second kappa shape index (κ2) is 11.4. The van der Waals surface area contributed by atoms with Crippen LogP contribution in [0.2, 0.25) is 0 Å². The van der Waals surface area contributed by atoms with Crippen LogP contribution in [0.3, 0.4) is 0 Å². The fraction of sp³-hybridized carbons (Fsp3) is 0.389. The summed E-state index contributed by atoms with van der Waals surface area (Å²) < 4.78 is 0. The third kappa shape index (κ3) is 8.56. The summed E-state index contributed by atoms with van der Waals surface area (Å²) in [4.78, 5) is 57.4. The van der Waals surface area contributed by atoms with E-state index in [1.54, 1.807) is 12.1 Å². The van der Waals surface area contributed by atoms with Crippen molar-refractivity contribution < 1.29 is 39.3 Å². The van der Waals surface area contributed by atoms with Gasteiger partial charge in [0.25, 0.3) is 0 Å². The van der Waals surface area contributed by atoms with Crippen LogP contribution in [-0.2, 0) is 30.4 Å². The highest BCUT2D eigenvalue weighted by atomic mass is 16.4. The lowest BCUT2D eigenvalue weighted by molar-refractivity contribution is -0.147. The molecule has 0 fully saturated rings. The van der Waals surface area contributed by atoms with Gasteiger partial charge in [-0.15, -0.1) is 0 Å². The number of benzene rings is 1. The second-order valence-electron chi connectivity index (χ2n) is 6.48. The molecule has 1 aromatic carbocycles. The number of rotatable bonds is 11. The number of nitrogens with one attached hydrogen (secondary N) is 3. The third-order valence-electron chi connectivity index (χ3n) is 3.92. The molecular formula is C18H24N4O8. The minimum absolute atomic E-state index is 0.0729. The SMILES string of the molecule is CC(NC(=O)C(N)Cc1ccc(O)cc1)C(=O)NCC(=O)NC(CC(=O)O)C(=O)O. The van der Waals surface area contributed by atoms with Gasteiger partial charge in [0.05, 0.1) is 19.0 Å². The third-order valence-corrected chi connectivity index (χ3v) is 3.92. The Morgan fingerprint density at radius 2 is 1.60 bits per heavy atom. The Kier molecular flexibility index (Phi) is 9.23. The lowest BCUT2D eigenvalue weighted by Gasteiger charge is -2.18. The molecule has 0 saturated carbocycles. The molecule has 0 aliphatic heterocycles. The van der Waals surface area contributed by atoms with Crippen LogP contribution in [0, 0.1) is 0 Å². The summed E-state index contributed by atoms with van der Waals surface area (Å²) in [6, 6.07) is 2.48. The molecule has 8 N–H and O–H groups in total. The molecule has 30 heavy (non-hydrogen) atoms. The standard InChI is InChI=1S/C18H24N4O8/c1-9(21-17(28)12(19)6-10-2-4-11(23)5-3-10)16(27)20-8-14(24)22-13(18(29)30)7-15(25)26/h2-5,9,12-13,23H,6-8,19H2,1H3,(H,20,27)(H,21,28)(H,22,24)(H,25,26)(H,29,30). The zero-order valence-corrected chi connectivity index (χ0v) is 16.1. The Labute approximate surface area is 171 Å². The number of aromatic hydroxyl groups is 1. The maximum Gasteiger partial charge on any atom is 0.326 e. The molecular weight excluding hydrogens is 400 g/mol. The Balaban J connectivity index is 2.46. The minimum atomic E-state index is -1.64. The van der Waals surface area contributed by atoms with Gasteiger partial charge in [-0.05, 0) is 31.0 Å². The van der Waals surface area contributed by atoms with Crippen molar-refractivity contribution in [3.63, 3.8) is 0 Å². The average molecular weight is 424 g/mol. The summed E-state index contributed by atoms with van der Waals surface area (Å²) in [6.45, 7) is 0.755. The summed E-state index contributed by atoms with van der Waals surface area (Å²) >= 11 is 0. The van der Waals surface area contributed by atoms with Gasteiger partial charge in [-0.25, -0.2) is 4.79 Å². The average Bonchev–Trinajstić information content (AvgIpc) is 2.66. The predicted octanol–water partition coefficient (Wildman–Crippen LogP) is -2.07. The topological polar surface area (TPSA) is 208 Å². The number of hydrogen-bond donors (Lipinski definition) is 7. The van der Waals surface area contributed by atoms with Crippen molar-refractivity contribution in [2.75, 3.05) is 6.54 Å². The van der Waals surface area contributed by atoms with Gasteiger partial charge in [-0.2, -0.15) is 0 Å². The summed E-state index contributed by atoms with van der Waals surface area (Å²) in [6.07, 6.45) is -0.649. The number of carbonyl (C=O) groups excluding carboxylic acids is 3. The largest absolute Gasteiger partial charge is 0.508 e. The first-order chi connectivity index (χ1) is 14.0. The van der Waals surface area contributed by atoms with Crippen LogP contribution in [-0.4, -0.2) is 69.7 Å². The first-order valence-electron chi connectivity index (χ1n) is 8.85. The highest BCUT2D eigenvalue weighted by Gasteiger charge is 2.24. The van der Waals surface area contributed by atoms with Crippen LogP contribution in [0.4, 0.5) is 0 Å². The van der Waals surface area contributed by atoms with Crippen LogP contribution >= 0.6 is 0 Å². The summed E-state index contributed by atoms with van der Waals surface area (Å²) in [7, 11) is 0. The van der Waals surface area contributed by atoms with Gasteiger partial charge in [0.2, 0.25) is 17.7 Å². The molecule has 12 nitrogen and oxygen atoms in total. The first-order valence-corrected chi connectivity index (χ1v) is 8.85. The highest BCUT2D eigenvalue weighted by molar-refractivity contribution is 5.92. The van der Waals surface area contributed by atoms with E-state index in [1.807, 2.05) is 5.32 Å². The van der Waals surface area contributed by atoms with Gasteiger partial charge < -0.3 is 37.0 Å². The molecule has 3 atom stereocenters. The number of phenolic OH excluding ortho intramolecular Hbond substituents is 1. The van der Waals surface area contributed by atoms with Crippen molar-refractivity contribution in [3.8, 4) is 5.75 Å². The molecule has 1 aromatic rings. The highest BCUT2D eigenvalue weighted by Crippen LogP contribution is 2.10. The molecule has 3 amide bonds. The smallest absolute Gasteiger partial charge is 0.326 e. The normalized spacial score (nSPS) is 13.4. The van der Waals surface area contributed by atoms with Gasteiger partial charge >= 0.3 is 11.9 Å². The molecule has 164 valence electrons. The first kappa shape index (κ1) is 24.4. The van der Waals surface area contributed by atoms with Crippen molar-refractivity contribution in [1.29, 1.82) is 0 Å². The lowest BCUT2D eigenvalue weighted by atomic mass is 10.1. The summed E-state index contributed by atoms with van der Waals surface area (Å²) in [5.41, 5.74) is 6.51. The number of carboxylic acids is 2. The fourth-order valence-electron chi connectivity index (χ4n) is 2.31. The Hall–Kier alpha value is -3.67. The molecule has 0 spiro atoms. The van der Waals surface area contributed by atoms with Crippen LogP contribution in [0.1, 0.15) is 18.9 Å². The van der Waals surface area contributed by atoms with Gasteiger partial charge in [0.15, 0.2) is 0 Å². The number of amides is 3. The number of carboxylic acid groups (broad SMARTS) is 2. The van der Waals surface area contributed by atoms with E-state index in [9.17, 15) is 29.1 Å². The van der Waals surface area contributed by atoms with E-state index in [4.69, 9.17) is 15.9 Å². The molecule has 0 aliphatic carbocycles. The van der Waals surface area contributed by atoms with Crippen molar-refractivity contribution in [2.24, 2.45) is 5.73 Å². The Morgan fingerprint density at radius 3 is 2.13 bits per heavy atom.